The lowest BCUT2D eigenvalue weighted by atomic mass is 10.3. The van der Waals surface area contributed by atoms with Crippen LogP contribution >= 0.6 is 12.2 Å². The first kappa shape index (κ1) is 12.9. The minimum Gasteiger partial charge on any atom is -0.470 e. The maximum atomic E-state index is 10.2. The number of carbonyl (C=O) groups excluding carboxylic acids is 1. The van der Waals surface area contributed by atoms with Crippen LogP contribution in [0.25, 0.3) is 0 Å². The zero-order chi connectivity index (χ0) is 10.8. The van der Waals surface area contributed by atoms with Gasteiger partial charge in [0.25, 0.3) is 5.17 Å². The molecule has 0 unspecified atom stereocenters. The van der Waals surface area contributed by atoms with Crippen molar-refractivity contribution in [2.45, 2.75) is 26.2 Å². The van der Waals surface area contributed by atoms with Crippen LogP contribution in [0.2, 0.25) is 0 Å². The van der Waals surface area contributed by atoms with Crippen molar-refractivity contribution in [3.05, 3.63) is 0 Å². The van der Waals surface area contributed by atoms with Gasteiger partial charge >= 0.3 is 6.03 Å². The van der Waals surface area contributed by atoms with Crippen LogP contribution in [0.5, 0.6) is 0 Å². The number of rotatable bonds is 6. The van der Waals surface area contributed by atoms with Gasteiger partial charge in [0.15, 0.2) is 0 Å². The van der Waals surface area contributed by atoms with Gasteiger partial charge in [-0.2, -0.15) is 0 Å². The lowest BCUT2D eigenvalue weighted by Gasteiger charge is -2.09. The maximum absolute atomic E-state index is 10.2. The number of ether oxygens (including phenoxy) is 1. The van der Waals surface area contributed by atoms with Crippen LogP contribution < -0.4 is 22.1 Å². The highest BCUT2D eigenvalue weighted by molar-refractivity contribution is 7.80. The predicted octanol–water partition coefficient (Wildman–Crippen LogP) is 0.156. The van der Waals surface area contributed by atoms with E-state index >= 15 is 0 Å². The zero-order valence-electron chi connectivity index (χ0n) is 8.13. The zero-order valence-corrected chi connectivity index (χ0v) is 8.95. The fraction of sp³-hybridized carbons (Fsp3) is 0.714. The van der Waals surface area contributed by atoms with Gasteiger partial charge < -0.3 is 10.5 Å². The molecular formula is C7H16N4O2S. The second-order valence-corrected chi connectivity index (χ2v) is 2.95. The Morgan fingerprint density at radius 1 is 1.43 bits per heavy atom. The average Bonchev–Trinajstić information content (AvgIpc) is 2.12. The summed E-state index contributed by atoms with van der Waals surface area (Å²) < 4.78 is 5.09. The highest BCUT2D eigenvalue weighted by atomic mass is 32.1. The smallest absolute Gasteiger partial charge is 0.327 e. The molecule has 0 rings (SSSR count). The lowest BCUT2D eigenvalue weighted by molar-refractivity contribution is 0.240. The van der Waals surface area contributed by atoms with E-state index in [0.29, 0.717) is 6.61 Å². The van der Waals surface area contributed by atoms with E-state index in [2.05, 4.69) is 23.3 Å². The molecule has 0 radical (unpaired) electrons. The fourth-order valence-electron chi connectivity index (χ4n) is 0.697. The molecule has 0 heterocycles. The molecule has 0 aromatic rings. The predicted molar refractivity (Wildman–Crippen MR) is 57.1 cm³/mol. The first-order valence-corrected chi connectivity index (χ1v) is 4.81. The summed E-state index contributed by atoms with van der Waals surface area (Å²) in [6.07, 6.45) is 3.20. The van der Waals surface area contributed by atoms with Crippen LogP contribution in [0.15, 0.2) is 0 Å². The SMILES string of the molecule is CCCCCOC(=S)NNNC(N)=O. The highest BCUT2D eigenvalue weighted by Gasteiger charge is 1.95. The Kier molecular flexibility index (Phi) is 7.86. The molecule has 0 aliphatic heterocycles. The van der Waals surface area contributed by atoms with E-state index in [1.165, 1.54) is 0 Å². The number of primary amides is 1. The molecule has 0 aromatic carbocycles. The lowest BCUT2D eigenvalue weighted by Crippen LogP contribution is -2.51. The summed E-state index contributed by atoms with van der Waals surface area (Å²) in [5.41, 5.74) is 11.6. The Morgan fingerprint density at radius 3 is 2.71 bits per heavy atom. The Bertz CT molecular complexity index is 189. The van der Waals surface area contributed by atoms with E-state index in [1.54, 1.807) is 0 Å². The topological polar surface area (TPSA) is 88.4 Å². The van der Waals surface area contributed by atoms with E-state index in [1.807, 2.05) is 0 Å². The van der Waals surface area contributed by atoms with E-state index in [-0.39, 0.29) is 5.17 Å². The number of hydrogen-bond donors (Lipinski definition) is 4. The number of nitrogens with one attached hydrogen (secondary N) is 3. The number of unbranched alkanes of at least 4 members (excludes halogenated alkanes) is 2. The van der Waals surface area contributed by atoms with Gasteiger partial charge in [-0.3, -0.25) is 10.9 Å². The number of thiocarbonyl (C=S) groups is 1. The summed E-state index contributed by atoms with van der Waals surface area (Å²) >= 11 is 4.77. The summed E-state index contributed by atoms with van der Waals surface area (Å²) in [4.78, 5) is 10.2. The van der Waals surface area contributed by atoms with Crippen molar-refractivity contribution < 1.29 is 9.53 Å². The average molecular weight is 220 g/mol. The van der Waals surface area contributed by atoms with Crippen molar-refractivity contribution >= 4 is 23.4 Å². The standard InChI is InChI=1S/C7H16N4O2S/c1-2-3-4-5-13-7(14)10-11-9-6(8)12/h11H,2-5H2,1H3,(H,10,14)(H3,8,9,12). The second kappa shape index (κ2) is 8.52. The largest absolute Gasteiger partial charge is 0.470 e. The van der Waals surface area contributed by atoms with Crippen molar-refractivity contribution in [2.75, 3.05) is 6.61 Å². The summed E-state index contributed by atoms with van der Waals surface area (Å²) in [5, 5.41) is 0.176. The van der Waals surface area contributed by atoms with Gasteiger partial charge in [-0.1, -0.05) is 19.8 Å². The van der Waals surface area contributed by atoms with Gasteiger partial charge in [0.1, 0.15) is 0 Å². The summed E-state index contributed by atoms with van der Waals surface area (Å²) in [5.74, 6) is 0. The molecule has 5 N–H and O–H groups in total. The van der Waals surface area contributed by atoms with Gasteiger partial charge in [-0.25, -0.2) is 4.79 Å². The van der Waals surface area contributed by atoms with Gasteiger partial charge in [0.05, 0.1) is 6.61 Å². The van der Waals surface area contributed by atoms with Crippen molar-refractivity contribution in [3.8, 4) is 0 Å². The number of nitrogens with two attached hydrogens (primary N) is 1. The third kappa shape index (κ3) is 9.01. The van der Waals surface area contributed by atoms with E-state index in [4.69, 9.17) is 22.7 Å². The maximum Gasteiger partial charge on any atom is 0.327 e. The third-order valence-corrected chi connectivity index (χ3v) is 1.55. The van der Waals surface area contributed by atoms with Gasteiger partial charge in [0, 0.05) is 0 Å². The minimum atomic E-state index is -0.703. The molecule has 0 aliphatic carbocycles. The molecule has 0 saturated carbocycles. The summed E-state index contributed by atoms with van der Waals surface area (Å²) in [6.45, 7) is 2.67. The third-order valence-electron chi connectivity index (χ3n) is 1.33. The van der Waals surface area contributed by atoms with Crippen molar-refractivity contribution in [1.82, 2.24) is 16.4 Å². The molecule has 2 amide bonds. The van der Waals surface area contributed by atoms with Crippen molar-refractivity contribution in [1.29, 1.82) is 0 Å². The molecule has 6 nitrogen and oxygen atoms in total. The molecule has 0 spiro atoms. The monoisotopic (exact) mass is 220 g/mol. The van der Waals surface area contributed by atoms with Crippen molar-refractivity contribution in [3.63, 3.8) is 0 Å². The summed E-state index contributed by atoms with van der Waals surface area (Å²) in [6, 6.07) is -0.703. The molecule has 0 saturated heterocycles. The van der Waals surface area contributed by atoms with Crippen LogP contribution in [0, 0.1) is 0 Å². The van der Waals surface area contributed by atoms with E-state index in [0.717, 1.165) is 19.3 Å². The number of amides is 2. The number of carbonyl (C=O) groups is 1. The molecule has 0 atom stereocenters. The quantitative estimate of drug-likeness (QED) is 0.291. The minimum absolute atomic E-state index is 0.176. The van der Waals surface area contributed by atoms with Gasteiger partial charge in [0.2, 0.25) is 0 Å². The Morgan fingerprint density at radius 2 is 2.14 bits per heavy atom. The van der Waals surface area contributed by atoms with Crippen LogP contribution in [0.3, 0.4) is 0 Å². The molecule has 7 heteroatoms. The van der Waals surface area contributed by atoms with Crippen LogP contribution in [0.1, 0.15) is 26.2 Å². The number of urea groups is 1. The molecule has 0 aromatic heterocycles. The Hall–Kier alpha value is -1.08. The fourth-order valence-corrected chi connectivity index (χ4v) is 0.831. The number of hydrogen-bond acceptors (Lipinski definition) is 4. The van der Waals surface area contributed by atoms with Crippen LogP contribution in [0.4, 0.5) is 4.79 Å². The van der Waals surface area contributed by atoms with Gasteiger partial charge in [-0.05, 0) is 18.6 Å². The molecule has 14 heavy (non-hydrogen) atoms. The molecule has 0 fully saturated rings. The second-order valence-electron chi connectivity index (χ2n) is 2.58. The van der Waals surface area contributed by atoms with Crippen LogP contribution in [-0.2, 0) is 4.74 Å². The molecule has 0 aliphatic rings. The van der Waals surface area contributed by atoms with Gasteiger partial charge in [-0.15, -0.1) is 5.53 Å². The molecule has 0 bridgehead atoms. The van der Waals surface area contributed by atoms with E-state index in [9.17, 15) is 4.79 Å². The first-order valence-electron chi connectivity index (χ1n) is 4.40. The number of hydrazine groups is 2. The van der Waals surface area contributed by atoms with Crippen molar-refractivity contribution in [2.24, 2.45) is 5.73 Å². The van der Waals surface area contributed by atoms with Crippen LogP contribution in [-0.4, -0.2) is 17.8 Å². The summed E-state index contributed by atoms with van der Waals surface area (Å²) in [7, 11) is 0. The normalized spacial score (nSPS) is 9.21. The molecular weight excluding hydrogens is 204 g/mol. The Labute approximate surface area is 88.5 Å². The highest BCUT2D eigenvalue weighted by Crippen LogP contribution is 1.93. The first-order chi connectivity index (χ1) is 6.66. The Balaban J connectivity index is 3.24. The molecule has 82 valence electrons. The van der Waals surface area contributed by atoms with E-state index < -0.39 is 6.03 Å².